The molecule has 0 aliphatic carbocycles. The Hall–Kier alpha value is -1.44. The topological polar surface area (TPSA) is 81.7 Å². The number of hydrogen-bond donors (Lipinski definition) is 2. The van der Waals surface area contributed by atoms with Gasteiger partial charge in [-0.05, 0) is 32.2 Å². The van der Waals surface area contributed by atoms with Crippen molar-refractivity contribution in [2.75, 3.05) is 39.4 Å². The number of nitrogens with one attached hydrogen (secondary N) is 1. The van der Waals surface area contributed by atoms with Crippen molar-refractivity contribution in [3.8, 4) is 0 Å². The maximum atomic E-state index is 12.0. The minimum absolute atomic E-state index is 0.205. The molecule has 0 spiro atoms. The molecule has 0 aromatic carbocycles. The molecule has 2 heterocycles. The molecule has 1 fully saturated rings. The zero-order valence-corrected chi connectivity index (χ0v) is 15.7. The fourth-order valence-corrected chi connectivity index (χ4v) is 3.29. The quantitative estimate of drug-likeness (QED) is 0.656. The number of ether oxygens (including phenoxy) is 1. The predicted octanol–water partition coefficient (Wildman–Crippen LogP) is 1.50. The van der Waals surface area contributed by atoms with Gasteiger partial charge in [-0.2, -0.15) is 5.10 Å². The van der Waals surface area contributed by atoms with E-state index in [4.69, 9.17) is 4.74 Å². The normalized spacial score (nSPS) is 19.5. The van der Waals surface area contributed by atoms with Crippen LogP contribution in [0.15, 0.2) is 6.20 Å². The van der Waals surface area contributed by atoms with Crippen molar-refractivity contribution in [3.63, 3.8) is 0 Å². The number of H-pyrrole nitrogens is 1. The molecule has 1 saturated heterocycles. The molecule has 1 aromatic rings. The average Bonchev–Trinajstić information content (AvgIpc) is 3.03. The van der Waals surface area contributed by atoms with Crippen LogP contribution >= 0.6 is 0 Å². The van der Waals surface area contributed by atoms with E-state index in [2.05, 4.69) is 33.8 Å². The van der Waals surface area contributed by atoms with Crippen molar-refractivity contribution in [3.05, 3.63) is 17.5 Å². The van der Waals surface area contributed by atoms with Gasteiger partial charge in [0.1, 0.15) is 5.69 Å². The summed E-state index contributed by atoms with van der Waals surface area (Å²) >= 11 is 0. The molecule has 0 amide bonds. The van der Waals surface area contributed by atoms with E-state index in [1.54, 1.807) is 13.1 Å². The molecular formula is C18H32N4O3. The minimum Gasteiger partial charge on any atom is -0.461 e. The summed E-state index contributed by atoms with van der Waals surface area (Å²) in [6.07, 6.45) is 3.67. The molecule has 0 radical (unpaired) electrons. The number of carbonyl (C=O) groups is 1. The van der Waals surface area contributed by atoms with Crippen LogP contribution in [0.4, 0.5) is 0 Å². The van der Waals surface area contributed by atoms with Crippen molar-refractivity contribution < 1.29 is 14.6 Å². The third-order valence-corrected chi connectivity index (χ3v) is 4.74. The molecule has 2 rings (SSSR count). The number of rotatable bonds is 9. The Balaban J connectivity index is 1.96. The maximum Gasteiger partial charge on any atom is 0.356 e. The van der Waals surface area contributed by atoms with E-state index in [9.17, 15) is 9.90 Å². The van der Waals surface area contributed by atoms with E-state index < -0.39 is 0 Å². The zero-order chi connectivity index (χ0) is 18.2. The van der Waals surface area contributed by atoms with Crippen LogP contribution in [0.3, 0.4) is 0 Å². The second kappa shape index (κ2) is 9.89. The molecule has 0 saturated carbocycles. The number of aliphatic hydroxyl groups excluding tert-OH is 1. The number of esters is 1. The van der Waals surface area contributed by atoms with Crippen LogP contribution in [0, 0.1) is 5.92 Å². The molecule has 1 unspecified atom stereocenters. The lowest BCUT2D eigenvalue weighted by Crippen LogP contribution is -2.53. The van der Waals surface area contributed by atoms with Crippen LogP contribution in [0.1, 0.15) is 49.7 Å². The summed E-state index contributed by atoms with van der Waals surface area (Å²) in [6.45, 7) is 11.4. The van der Waals surface area contributed by atoms with Crippen LogP contribution in [0.2, 0.25) is 0 Å². The second-order valence-corrected chi connectivity index (χ2v) is 7.11. The molecule has 1 aromatic heterocycles. The molecule has 2 N–H and O–H groups in total. The number of hydrogen-bond acceptors (Lipinski definition) is 6. The largest absolute Gasteiger partial charge is 0.461 e. The lowest BCUT2D eigenvalue weighted by atomic mass is 10.0. The highest BCUT2D eigenvalue weighted by Gasteiger charge is 2.27. The zero-order valence-electron chi connectivity index (χ0n) is 15.7. The van der Waals surface area contributed by atoms with Gasteiger partial charge in [-0.15, -0.1) is 0 Å². The Labute approximate surface area is 150 Å². The smallest absolute Gasteiger partial charge is 0.356 e. The first-order valence-corrected chi connectivity index (χ1v) is 9.31. The average molecular weight is 352 g/mol. The second-order valence-electron chi connectivity index (χ2n) is 7.11. The van der Waals surface area contributed by atoms with Crippen molar-refractivity contribution in [2.24, 2.45) is 5.92 Å². The number of piperazine rings is 1. The fourth-order valence-electron chi connectivity index (χ4n) is 3.29. The first-order chi connectivity index (χ1) is 12.0. The van der Waals surface area contributed by atoms with Crippen molar-refractivity contribution in [1.29, 1.82) is 0 Å². The van der Waals surface area contributed by atoms with Gasteiger partial charge in [-0.1, -0.05) is 13.8 Å². The fraction of sp³-hybridized carbons (Fsp3) is 0.778. The number of aromatic amines is 1. The van der Waals surface area contributed by atoms with Crippen molar-refractivity contribution >= 4 is 5.97 Å². The van der Waals surface area contributed by atoms with E-state index >= 15 is 0 Å². The first kappa shape index (κ1) is 19.9. The highest BCUT2D eigenvalue weighted by Crippen LogP contribution is 2.18. The maximum absolute atomic E-state index is 12.0. The molecule has 25 heavy (non-hydrogen) atoms. The Morgan fingerprint density at radius 3 is 2.96 bits per heavy atom. The van der Waals surface area contributed by atoms with E-state index in [1.807, 2.05) is 0 Å². The summed E-state index contributed by atoms with van der Waals surface area (Å²) in [5, 5.41) is 16.2. The number of aliphatic hydroxyl groups is 1. The molecule has 1 aliphatic rings. The van der Waals surface area contributed by atoms with Gasteiger partial charge in [-0.3, -0.25) is 14.9 Å². The lowest BCUT2D eigenvalue weighted by Gasteiger charge is -2.41. The van der Waals surface area contributed by atoms with Crippen LogP contribution in [-0.4, -0.2) is 76.5 Å². The van der Waals surface area contributed by atoms with Gasteiger partial charge in [0.25, 0.3) is 0 Å². The van der Waals surface area contributed by atoms with Crippen molar-refractivity contribution in [1.82, 2.24) is 20.0 Å². The van der Waals surface area contributed by atoms with Gasteiger partial charge < -0.3 is 9.84 Å². The molecule has 7 heteroatoms. The summed E-state index contributed by atoms with van der Waals surface area (Å²) in [4.78, 5) is 16.8. The summed E-state index contributed by atoms with van der Waals surface area (Å²) < 4.78 is 5.08. The first-order valence-electron chi connectivity index (χ1n) is 9.31. The Bertz CT molecular complexity index is 532. The Morgan fingerprint density at radius 1 is 1.48 bits per heavy atom. The summed E-state index contributed by atoms with van der Waals surface area (Å²) in [5.41, 5.74) is 1.32. The Morgan fingerprint density at radius 2 is 2.28 bits per heavy atom. The van der Waals surface area contributed by atoms with Gasteiger partial charge in [0.05, 0.1) is 12.8 Å². The Kier molecular flexibility index (Phi) is 7.87. The molecule has 0 bridgehead atoms. The van der Waals surface area contributed by atoms with Gasteiger partial charge in [0.2, 0.25) is 0 Å². The van der Waals surface area contributed by atoms with Gasteiger partial charge in [0.15, 0.2) is 0 Å². The highest BCUT2D eigenvalue weighted by atomic mass is 16.5. The van der Waals surface area contributed by atoms with E-state index in [1.165, 1.54) is 6.42 Å². The van der Waals surface area contributed by atoms with Crippen LogP contribution in [0.25, 0.3) is 0 Å². The molecule has 1 aliphatic heterocycles. The molecular weight excluding hydrogens is 320 g/mol. The standard InChI is InChI=1S/C18H32N4O3/c1-4-25-18(24)17-15(11-19-20-17)12-21-8-9-22(7-5-14(2)3)16(13-21)6-10-23/h11,14,16,23H,4-10,12-13H2,1-3H3,(H,19,20). The summed E-state index contributed by atoms with van der Waals surface area (Å²) in [6, 6.07) is 0.357. The third kappa shape index (κ3) is 5.80. The minimum atomic E-state index is -0.350. The molecule has 1 atom stereocenters. The van der Waals surface area contributed by atoms with Crippen LogP contribution < -0.4 is 0 Å². The van der Waals surface area contributed by atoms with Gasteiger partial charge >= 0.3 is 5.97 Å². The monoisotopic (exact) mass is 352 g/mol. The van der Waals surface area contributed by atoms with Gasteiger partial charge in [-0.25, -0.2) is 4.79 Å². The van der Waals surface area contributed by atoms with E-state index in [0.29, 0.717) is 30.8 Å². The van der Waals surface area contributed by atoms with Gasteiger partial charge in [0, 0.05) is 44.4 Å². The van der Waals surface area contributed by atoms with E-state index in [0.717, 1.165) is 38.2 Å². The lowest BCUT2D eigenvalue weighted by molar-refractivity contribution is 0.0488. The van der Waals surface area contributed by atoms with Crippen LogP contribution in [0.5, 0.6) is 0 Å². The number of carbonyl (C=O) groups excluding carboxylic acids is 1. The third-order valence-electron chi connectivity index (χ3n) is 4.74. The van der Waals surface area contributed by atoms with Crippen LogP contribution in [-0.2, 0) is 11.3 Å². The highest BCUT2D eigenvalue weighted by molar-refractivity contribution is 5.88. The van der Waals surface area contributed by atoms with E-state index in [-0.39, 0.29) is 12.6 Å². The summed E-state index contributed by atoms with van der Waals surface area (Å²) in [7, 11) is 0. The predicted molar refractivity (Wildman–Crippen MR) is 96.3 cm³/mol. The van der Waals surface area contributed by atoms with Crippen molar-refractivity contribution in [2.45, 2.75) is 46.2 Å². The SMILES string of the molecule is CCOC(=O)c1[nH]ncc1CN1CCN(CCC(C)C)C(CCO)C1. The molecule has 7 nitrogen and oxygen atoms in total. The molecule has 142 valence electrons. The summed E-state index contributed by atoms with van der Waals surface area (Å²) in [5.74, 6) is 0.336. The number of aromatic nitrogens is 2. The number of nitrogens with zero attached hydrogens (tertiary/aromatic N) is 3.